The number of ether oxygens (including phenoxy) is 1. The van der Waals surface area contributed by atoms with Crippen LogP contribution in [0.3, 0.4) is 0 Å². The predicted octanol–water partition coefficient (Wildman–Crippen LogP) is 2.55. The first-order chi connectivity index (χ1) is 8.45. The van der Waals surface area contributed by atoms with Gasteiger partial charge in [0.15, 0.2) is 5.69 Å². The van der Waals surface area contributed by atoms with E-state index in [4.69, 9.17) is 4.42 Å². The molecule has 5 nitrogen and oxygen atoms in total. The molecule has 1 rings (SSSR count). The third kappa shape index (κ3) is 3.61. The normalized spacial score (nSPS) is 11.5. The number of carbonyl (C=O) groups is 1. The Hall–Kier alpha value is -1.78. The number of rotatable bonds is 5. The van der Waals surface area contributed by atoms with Crippen LogP contribution in [0, 0.1) is 0 Å². The summed E-state index contributed by atoms with van der Waals surface area (Å²) in [6.07, 6.45) is 4.95. The Morgan fingerprint density at radius 2 is 2.00 bits per heavy atom. The van der Waals surface area contributed by atoms with E-state index in [0.29, 0.717) is 18.0 Å². The molecule has 0 aliphatic rings. The first kappa shape index (κ1) is 14.3. The molecule has 0 spiro atoms. The first-order valence-electron chi connectivity index (χ1n) is 5.95. The molecular formula is C13H20N2O3. The monoisotopic (exact) mass is 252 g/mol. The fourth-order valence-electron chi connectivity index (χ4n) is 1.65. The van der Waals surface area contributed by atoms with Gasteiger partial charge in [-0.05, 0) is 27.7 Å². The van der Waals surface area contributed by atoms with Gasteiger partial charge < -0.3 is 14.1 Å². The highest BCUT2D eigenvalue weighted by atomic mass is 16.5. The second kappa shape index (κ2) is 6.23. The van der Waals surface area contributed by atoms with Crippen LogP contribution in [0.5, 0.6) is 0 Å². The van der Waals surface area contributed by atoms with Gasteiger partial charge in [0.2, 0.25) is 5.89 Å². The van der Waals surface area contributed by atoms with E-state index in [0.717, 1.165) is 0 Å². The molecule has 5 heteroatoms. The largest absolute Gasteiger partial charge is 0.464 e. The molecule has 0 bridgehead atoms. The summed E-state index contributed by atoms with van der Waals surface area (Å²) in [4.78, 5) is 17.4. The molecule has 0 aromatic carbocycles. The Labute approximate surface area is 107 Å². The standard InChI is InChI=1S/C13H20N2O3/c1-9(2)15(10(3)4)7-6-12-14-11(8-18-12)13(16)17-5/h6-10H,1-5H3/b7-6+. The minimum Gasteiger partial charge on any atom is -0.464 e. The Kier molecular flexibility index (Phi) is 4.95. The highest BCUT2D eigenvalue weighted by molar-refractivity contribution is 5.86. The van der Waals surface area contributed by atoms with Gasteiger partial charge in [-0.15, -0.1) is 0 Å². The van der Waals surface area contributed by atoms with Gasteiger partial charge in [-0.1, -0.05) is 0 Å². The molecule has 0 saturated heterocycles. The number of hydrogen-bond acceptors (Lipinski definition) is 5. The Bertz CT molecular complexity index is 414. The van der Waals surface area contributed by atoms with E-state index in [1.807, 2.05) is 6.20 Å². The van der Waals surface area contributed by atoms with Crippen LogP contribution in [0.15, 0.2) is 16.9 Å². The molecule has 100 valence electrons. The molecule has 0 fully saturated rings. The fourth-order valence-corrected chi connectivity index (χ4v) is 1.65. The third-order valence-corrected chi connectivity index (χ3v) is 2.50. The molecule has 0 saturated carbocycles. The van der Waals surface area contributed by atoms with Crippen molar-refractivity contribution in [3.63, 3.8) is 0 Å². The molecule has 0 atom stereocenters. The lowest BCUT2D eigenvalue weighted by Crippen LogP contribution is -2.31. The number of methoxy groups -OCH3 is 1. The van der Waals surface area contributed by atoms with Crippen molar-refractivity contribution >= 4 is 12.0 Å². The smallest absolute Gasteiger partial charge is 0.360 e. The van der Waals surface area contributed by atoms with Gasteiger partial charge >= 0.3 is 5.97 Å². The summed E-state index contributed by atoms with van der Waals surface area (Å²) in [7, 11) is 1.31. The van der Waals surface area contributed by atoms with E-state index >= 15 is 0 Å². The zero-order valence-corrected chi connectivity index (χ0v) is 11.5. The summed E-state index contributed by atoms with van der Waals surface area (Å²) in [6.45, 7) is 8.44. The highest BCUT2D eigenvalue weighted by Gasteiger charge is 2.12. The number of esters is 1. The van der Waals surface area contributed by atoms with E-state index in [1.165, 1.54) is 13.4 Å². The SMILES string of the molecule is COC(=O)c1coc(/C=C/N(C(C)C)C(C)C)n1. The van der Waals surface area contributed by atoms with E-state index in [1.54, 1.807) is 6.08 Å². The number of carbonyl (C=O) groups excluding carboxylic acids is 1. The molecule has 0 aliphatic carbocycles. The fraction of sp³-hybridized carbons (Fsp3) is 0.538. The van der Waals surface area contributed by atoms with Gasteiger partial charge in [0.05, 0.1) is 7.11 Å². The summed E-state index contributed by atoms with van der Waals surface area (Å²) in [5, 5.41) is 0. The van der Waals surface area contributed by atoms with Crippen LogP contribution >= 0.6 is 0 Å². The van der Waals surface area contributed by atoms with Crippen LogP contribution in [0.2, 0.25) is 0 Å². The molecule has 0 radical (unpaired) electrons. The van der Waals surface area contributed by atoms with Gasteiger partial charge in [0.1, 0.15) is 6.26 Å². The van der Waals surface area contributed by atoms with Crippen molar-refractivity contribution in [2.24, 2.45) is 0 Å². The van der Waals surface area contributed by atoms with Gasteiger partial charge in [0, 0.05) is 24.4 Å². The minimum atomic E-state index is -0.497. The molecule has 1 heterocycles. The van der Waals surface area contributed by atoms with Gasteiger partial charge in [0.25, 0.3) is 0 Å². The second-order valence-corrected chi connectivity index (χ2v) is 4.51. The predicted molar refractivity (Wildman–Crippen MR) is 69.0 cm³/mol. The van der Waals surface area contributed by atoms with Crippen molar-refractivity contribution in [1.82, 2.24) is 9.88 Å². The topological polar surface area (TPSA) is 55.6 Å². The average molecular weight is 252 g/mol. The minimum absolute atomic E-state index is 0.179. The summed E-state index contributed by atoms with van der Waals surface area (Å²) in [5.41, 5.74) is 0.179. The molecule has 1 aromatic rings. The van der Waals surface area contributed by atoms with E-state index in [9.17, 15) is 4.79 Å². The number of oxazole rings is 1. The summed E-state index contributed by atoms with van der Waals surface area (Å²) >= 11 is 0. The molecule has 1 aromatic heterocycles. The van der Waals surface area contributed by atoms with Crippen LogP contribution < -0.4 is 0 Å². The number of hydrogen-bond donors (Lipinski definition) is 0. The maximum absolute atomic E-state index is 11.2. The van der Waals surface area contributed by atoms with Crippen molar-refractivity contribution in [2.75, 3.05) is 7.11 Å². The van der Waals surface area contributed by atoms with Crippen molar-refractivity contribution in [3.8, 4) is 0 Å². The van der Waals surface area contributed by atoms with Crippen LogP contribution in [0.1, 0.15) is 44.1 Å². The van der Waals surface area contributed by atoms with Crippen LogP contribution in [-0.4, -0.2) is 35.0 Å². The van der Waals surface area contributed by atoms with E-state index in [2.05, 4.69) is 42.3 Å². The molecule has 0 aliphatic heterocycles. The molecule has 18 heavy (non-hydrogen) atoms. The molecule has 0 amide bonds. The van der Waals surface area contributed by atoms with E-state index in [-0.39, 0.29) is 5.69 Å². The highest BCUT2D eigenvalue weighted by Crippen LogP contribution is 2.10. The second-order valence-electron chi connectivity index (χ2n) is 4.51. The quantitative estimate of drug-likeness (QED) is 0.754. The van der Waals surface area contributed by atoms with Crippen LogP contribution in [-0.2, 0) is 4.74 Å². The van der Waals surface area contributed by atoms with Crippen molar-refractivity contribution in [1.29, 1.82) is 0 Å². The lowest BCUT2D eigenvalue weighted by atomic mass is 10.2. The molecular weight excluding hydrogens is 232 g/mol. The number of nitrogens with zero attached hydrogens (tertiary/aromatic N) is 2. The molecule has 0 N–H and O–H groups in total. The summed E-state index contributed by atoms with van der Waals surface area (Å²) in [6, 6.07) is 0.771. The zero-order chi connectivity index (χ0) is 13.7. The van der Waals surface area contributed by atoms with Crippen molar-refractivity contribution < 1.29 is 13.9 Å². The number of aromatic nitrogens is 1. The maximum Gasteiger partial charge on any atom is 0.360 e. The van der Waals surface area contributed by atoms with Crippen molar-refractivity contribution in [2.45, 2.75) is 39.8 Å². The summed E-state index contributed by atoms with van der Waals surface area (Å²) in [5.74, 6) is -0.107. The lowest BCUT2D eigenvalue weighted by molar-refractivity contribution is 0.0594. The Balaban J connectivity index is 2.77. The Morgan fingerprint density at radius 1 is 1.39 bits per heavy atom. The Morgan fingerprint density at radius 3 is 2.50 bits per heavy atom. The van der Waals surface area contributed by atoms with Gasteiger partial charge in [-0.25, -0.2) is 9.78 Å². The van der Waals surface area contributed by atoms with Crippen LogP contribution in [0.25, 0.3) is 6.08 Å². The third-order valence-electron chi connectivity index (χ3n) is 2.50. The first-order valence-corrected chi connectivity index (χ1v) is 5.95. The summed E-state index contributed by atoms with van der Waals surface area (Å²) < 4.78 is 9.73. The van der Waals surface area contributed by atoms with Crippen molar-refractivity contribution in [3.05, 3.63) is 24.0 Å². The van der Waals surface area contributed by atoms with Gasteiger partial charge in [-0.2, -0.15) is 0 Å². The van der Waals surface area contributed by atoms with E-state index < -0.39 is 5.97 Å². The molecule has 0 unspecified atom stereocenters. The van der Waals surface area contributed by atoms with Crippen LogP contribution in [0.4, 0.5) is 0 Å². The maximum atomic E-state index is 11.2. The average Bonchev–Trinajstić information content (AvgIpc) is 2.76. The lowest BCUT2D eigenvalue weighted by Gasteiger charge is -2.28. The zero-order valence-electron chi connectivity index (χ0n) is 11.5. The van der Waals surface area contributed by atoms with Gasteiger partial charge in [-0.3, -0.25) is 0 Å².